The minimum absolute atomic E-state index is 0.104. The second-order valence-corrected chi connectivity index (χ2v) is 3.39. The SMILES string of the molecule is FC(F)c1cccc2nc(I)oc12. The third-order valence-electron chi connectivity index (χ3n) is 1.65. The van der Waals surface area contributed by atoms with Crippen molar-refractivity contribution in [1.82, 2.24) is 4.98 Å². The number of rotatable bonds is 1. The fraction of sp³-hybridized carbons (Fsp3) is 0.125. The van der Waals surface area contributed by atoms with E-state index >= 15 is 0 Å². The molecule has 0 spiro atoms. The quantitative estimate of drug-likeness (QED) is 0.754. The summed E-state index contributed by atoms with van der Waals surface area (Å²) in [5, 5.41) is 0. The molecule has 0 amide bonds. The molecule has 68 valence electrons. The zero-order valence-electron chi connectivity index (χ0n) is 6.30. The van der Waals surface area contributed by atoms with Crippen LogP contribution in [0.1, 0.15) is 12.0 Å². The number of halogens is 3. The Morgan fingerprint density at radius 1 is 1.38 bits per heavy atom. The topological polar surface area (TPSA) is 26.0 Å². The number of benzene rings is 1. The van der Waals surface area contributed by atoms with Crippen LogP contribution >= 0.6 is 22.6 Å². The third kappa shape index (κ3) is 1.52. The molecule has 1 heterocycles. The monoisotopic (exact) mass is 295 g/mol. The average molecular weight is 295 g/mol. The maximum absolute atomic E-state index is 12.4. The summed E-state index contributed by atoms with van der Waals surface area (Å²) < 4.78 is 30.3. The molecule has 2 rings (SSSR count). The minimum atomic E-state index is -2.52. The van der Waals surface area contributed by atoms with Crippen LogP contribution in [0.3, 0.4) is 0 Å². The predicted octanol–water partition coefficient (Wildman–Crippen LogP) is 3.37. The second-order valence-electron chi connectivity index (χ2n) is 2.46. The lowest BCUT2D eigenvalue weighted by Gasteiger charge is -1.97. The lowest BCUT2D eigenvalue weighted by atomic mass is 10.2. The molecule has 2 nitrogen and oxygen atoms in total. The van der Waals surface area contributed by atoms with Crippen molar-refractivity contribution in [2.24, 2.45) is 0 Å². The fourth-order valence-corrected chi connectivity index (χ4v) is 1.60. The van der Waals surface area contributed by atoms with Crippen molar-refractivity contribution in [2.45, 2.75) is 6.43 Å². The van der Waals surface area contributed by atoms with Gasteiger partial charge in [0, 0.05) is 22.6 Å². The van der Waals surface area contributed by atoms with Gasteiger partial charge in [0.25, 0.3) is 10.3 Å². The largest absolute Gasteiger partial charge is 0.431 e. The van der Waals surface area contributed by atoms with E-state index in [1.165, 1.54) is 6.07 Å². The normalized spacial score (nSPS) is 11.4. The van der Waals surface area contributed by atoms with Crippen molar-refractivity contribution in [2.75, 3.05) is 0 Å². The van der Waals surface area contributed by atoms with Crippen molar-refractivity contribution in [1.29, 1.82) is 0 Å². The Balaban J connectivity index is 2.75. The van der Waals surface area contributed by atoms with Gasteiger partial charge in [-0.15, -0.1) is 0 Å². The molecule has 0 aliphatic carbocycles. The van der Waals surface area contributed by atoms with E-state index in [1.54, 1.807) is 12.1 Å². The van der Waals surface area contributed by atoms with Crippen LogP contribution in [0.15, 0.2) is 22.6 Å². The van der Waals surface area contributed by atoms with E-state index in [4.69, 9.17) is 4.42 Å². The van der Waals surface area contributed by atoms with Crippen LogP contribution in [-0.2, 0) is 0 Å². The number of hydrogen-bond donors (Lipinski definition) is 0. The van der Waals surface area contributed by atoms with Crippen LogP contribution in [-0.4, -0.2) is 4.98 Å². The molecule has 13 heavy (non-hydrogen) atoms. The standard InChI is InChI=1S/C8H4F2INO/c9-7(10)4-2-1-3-5-6(4)13-8(11)12-5/h1-3,7H. The van der Waals surface area contributed by atoms with E-state index in [2.05, 4.69) is 4.98 Å². The number of hydrogen-bond acceptors (Lipinski definition) is 2. The van der Waals surface area contributed by atoms with Gasteiger partial charge in [0.05, 0.1) is 5.56 Å². The molecular weight excluding hydrogens is 291 g/mol. The first-order chi connectivity index (χ1) is 6.18. The van der Waals surface area contributed by atoms with E-state index < -0.39 is 6.43 Å². The van der Waals surface area contributed by atoms with Crippen LogP contribution in [0, 0.1) is 3.90 Å². The van der Waals surface area contributed by atoms with Crippen molar-refractivity contribution in [3.63, 3.8) is 0 Å². The van der Waals surface area contributed by atoms with Gasteiger partial charge in [-0.2, -0.15) is 0 Å². The summed E-state index contributed by atoms with van der Waals surface area (Å²) in [7, 11) is 0. The zero-order valence-corrected chi connectivity index (χ0v) is 8.46. The molecule has 2 aromatic rings. The Kier molecular flexibility index (Phi) is 2.19. The van der Waals surface area contributed by atoms with Gasteiger partial charge in [0.2, 0.25) is 0 Å². The molecule has 0 radical (unpaired) electrons. The van der Waals surface area contributed by atoms with Crippen LogP contribution in [0.25, 0.3) is 11.1 Å². The van der Waals surface area contributed by atoms with Gasteiger partial charge < -0.3 is 4.42 Å². The number of para-hydroxylation sites is 1. The first kappa shape index (κ1) is 8.86. The summed E-state index contributed by atoms with van der Waals surface area (Å²) in [5.74, 6) is 0. The van der Waals surface area contributed by atoms with Crippen molar-refractivity contribution in [3.05, 3.63) is 27.7 Å². The first-order valence-electron chi connectivity index (χ1n) is 3.51. The van der Waals surface area contributed by atoms with E-state index in [9.17, 15) is 8.78 Å². The summed E-state index contributed by atoms with van der Waals surface area (Å²) in [6.45, 7) is 0. The Morgan fingerprint density at radius 3 is 2.85 bits per heavy atom. The lowest BCUT2D eigenvalue weighted by Crippen LogP contribution is -1.83. The van der Waals surface area contributed by atoms with E-state index in [1.807, 2.05) is 22.6 Å². The van der Waals surface area contributed by atoms with Gasteiger partial charge in [-0.05, 0) is 12.1 Å². The molecule has 0 bridgehead atoms. The molecule has 0 fully saturated rings. The second kappa shape index (κ2) is 3.21. The molecule has 1 aromatic carbocycles. The highest BCUT2D eigenvalue weighted by Crippen LogP contribution is 2.28. The molecule has 1 aromatic heterocycles. The highest BCUT2D eigenvalue weighted by Gasteiger charge is 2.15. The highest BCUT2D eigenvalue weighted by molar-refractivity contribution is 14.1. The van der Waals surface area contributed by atoms with E-state index in [0.29, 0.717) is 9.41 Å². The summed E-state index contributed by atoms with van der Waals surface area (Å²) >= 11 is 1.85. The van der Waals surface area contributed by atoms with Crippen LogP contribution in [0.4, 0.5) is 8.78 Å². The average Bonchev–Trinajstić information content (AvgIpc) is 2.43. The summed E-state index contributed by atoms with van der Waals surface area (Å²) in [4.78, 5) is 3.94. The number of fused-ring (bicyclic) bond motifs is 1. The maximum Gasteiger partial charge on any atom is 0.267 e. The Morgan fingerprint density at radius 2 is 2.15 bits per heavy atom. The number of oxazole rings is 1. The smallest absolute Gasteiger partial charge is 0.267 e. The first-order valence-corrected chi connectivity index (χ1v) is 4.59. The molecule has 0 aliphatic heterocycles. The number of aromatic nitrogens is 1. The third-order valence-corrected chi connectivity index (χ3v) is 2.12. The molecule has 0 saturated heterocycles. The Labute approximate surface area is 86.1 Å². The van der Waals surface area contributed by atoms with Crippen LogP contribution < -0.4 is 0 Å². The summed E-state index contributed by atoms with van der Waals surface area (Å²) in [6, 6.07) is 4.53. The van der Waals surface area contributed by atoms with Crippen molar-refractivity contribution in [3.8, 4) is 0 Å². The maximum atomic E-state index is 12.4. The molecule has 0 atom stereocenters. The molecule has 0 unspecified atom stereocenters. The fourth-order valence-electron chi connectivity index (χ4n) is 1.12. The van der Waals surface area contributed by atoms with Gasteiger partial charge >= 0.3 is 0 Å². The minimum Gasteiger partial charge on any atom is -0.431 e. The molecule has 5 heteroatoms. The van der Waals surface area contributed by atoms with Gasteiger partial charge in [0.15, 0.2) is 5.58 Å². The van der Waals surface area contributed by atoms with Gasteiger partial charge in [-0.3, -0.25) is 0 Å². The van der Waals surface area contributed by atoms with Gasteiger partial charge in [-0.25, -0.2) is 13.8 Å². The predicted molar refractivity (Wildman–Crippen MR) is 51.7 cm³/mol. The van der Waals surface area contributed by atoms with E-state index in [-0.39, 0.29) is 11.1 Å². The highest BCUT2D eigenvalue weighted by atomic mass is 127. The van der Waals surface area contributed by atoms with Crippen molar-refractivity contribution < 1.29 is 13.2 Å². The molecule has 0 N–H and O–H groups in total. The van der Waals surface area contributed by atoms with Crippen LogP contribution in [0.5, 0.6) is 0 Å². The molecule has 0 saturated carbocycles. The van der Waals surface area contributed by atoms with Gasteiger partial charge in [0.1, 0.15) is 5.52 Å². The summed E-state index contributed by atoms with van der Waals surface area (Å²) in [6.07, 6.45) is -2.52. The number of nitrogens with zero attached hydrogens (tertiary/aromatic N) is 1. The molecule has 0 aliphatic rings. The van der Waals surface area contributed by atoms with Crippen LogP contribution in [0.2, 0.25) is 0 Å². The Hall–Kier alpha value is -0.720. The molecular formula is C8H4F2INO. The van der Waals surface area contributed by atoms with Crippen molar-refractivity contribution >= 4 is 33.7 Å². The lowest BCUT2D eigenvalue weighted by molar-refractivity contribution is 0.151. The van der Waals surface area contributed by atoms with E-state index in [0.717, 1.165) is 0 Å². The zero-order chi connectivity index (χ0) is 9.42. The Bertz CT molecular complexity index is 441. The summed E-state index contributed by atoms with van der Waals surface area (Å²) in [5.41, 5.74) is 0.553. The van der Waals surface area contributed by atoms with Gasteiger partial charge in [-0.1, -0.05) is 6.07 Å². The number of alkyl halides is 2.